The number of benzene rings is 1. The van der Waals surface area contributed by atoms with Crippen LogP contribution in [0.15, 0.2) is 18.2 Å². The number of hydrogen-bond donors (Lipinski definition) is 2. The van der Waals surface area contributed by atoms with Crippen molar-refractivity contribution >= 4 is 23.5 Å². The van der Waals surface area contributed by atoms with Crippen LogP contribution in [0.4, 0.5) is 5.69 Å². The van der Waals surface area contributed by atoms with Crippen molar-refractivity contribution in [2.45, 2.75) is 25.2 Å². The normalized spacial score (nSPS) is 29.6. The molecule has 0 atom stereocenters. The Morgan fingerprint density at radius 2 is 2.20 bits per heavy atom. The third-order valence-corrected chi connectivity index (χ3v) is 3.62. The number of anilines is 1. The second-order valence-corrected chi connectivity index (χ2v) is 4.96. The van der Waals surface area contributed by atoms with Crippen LogP contribution in [0.1, 0.15) is 25.3 Å². The second kappa shape index (κ2) is 3.53. The van der Waals surface area contributed by atoms with Crippen LogP contribution in [0.2, 0.25) is 5.02 Å². The first-order valence-corrected chi connectivity index (χ1v) is 5.52. The predicted octanol–water partition coefficient (Wildman–Crippen LogP) is 3.24. The number of nitrogens with one attached hydrogen (secondary N) is 1. The molecule has 1 saturated carbocycles. The van der Waals surface area contributed by atoms with Gasteiger partial charge in [-0.15, -0.1) is 0 Å². The summed E-state index contributed by atoms with van der Waals surface area (Å²) in [4.78, 5) is 0. The van der Waals surface area contributed by atoms with Crippen molar-refractivity contribution in [1.82, 2.24) is 0 Å². The minimum Gasteiger partial charge on any atom is -0.398 e. The fourth-order valence-electron chi connectivity index (χ4n) is 2.47. The summed E-state index contributed by atoms with van der Waals surface area (Å²) in [6, 6.07) is 5.70. The van der Waals surface area contributed by atoms with Gasteiger partial charge in [0.15, 0.2) is 0 Å². The number of rotatable bonds is 2. The molecule has 80 valence electrons. The van der Waals surface area contributed by atoms with Gasteiger partial charge in [-0.25, -0.2) is 0 Å². The van der Waals surface area contributed by atoms with Crippen LogP contribution in [-0.2, 0) is 5.41 Å². The van der Waals surface area contributed by atoms with Gasteiger partial charge >= 0.3 is 0 Å². The highest BCUT2D eigenvalue weighted by molar-refractivity contribution is 6.33. The smallest absolute Gasteiger partial charge is 0.0635 e. The van der Waals surface area contributed by atoms with Gasteiger partial charge in [-0.1, -0.05) is 24.6 Å². The van der Waals surface area contributed by atoms with Crippen molar-refractivity contribution in [2.24, 2.45) is 5.92 Å². The van der Waals surface area contributed by atoms with E-state index in [1.807, 2.05) is 18.2 Å². The monoisotopic (exact) mass is 222 g/mol. The fourth-order valence-corrected chi connectivity index (χ4v) is 2.59. The van der Waals surface area contributed by atoms with Crippen LogP contribution in [0.5, 0.6) is 0 Å². The maximum Gasteiger partial charge on any atom is 0.0635 e. The average molecular weight is 223 g/mol. The Morgan fingerprint density at radius 1 is 1.53 bits per heavy atom. The average Bonchev–Trinajstić information content (AvgIpc) is 2.17. The lowest BCUT2D eigenvalue weighted by Crippen LogP contribution is -2.41. The van der Waals surface area contributed by atoms with E-state index < -0.39 is 0 Å². The molecule has 1 aliphatic rings. The van der Waals surface area contributed by atoms with Crippen molar-refractivity contribution in [3.05, 3.63) is 28.8 Å². The maximum atomic E-state index is 7.56. The van der Waals surface area contributed by atoms with Gasteiger partial charge in [0, 0.05) is 11.6 Å². The molecule has 0 aromatic heterocycles. The molecule has 1 aromatic carbocycles. The molecule has 0 heterocycles. The Labute approximate surface area is 94.9 Å². The van der Waals surface area contributed by atoms with Gasteiger partial charge in [0.2, 0.25) is 0 Å². The maximum absolute atomic E-state index is 7.56. The molecule has 0 bridgehead atoms. The van der Waals surface area contributed by atoms with E-state index in [1.165, 1.54) is 0 Å². The second-order valence-electron chi connectivity index (χ2n) is 4.55. The molecule has 1 fully saturated rings. The van der Waals surface area contributed by atoms with Gasteiger partial charge in [0.1, 0.15) is 0 Å². The molecule has 0 saturated heterocycles. The van der Waals surface area contributed by atoms with Gasteiger partial charge < -0.3 is 11.1 Å². The van der Waals surface area contributed by atoms with Crippen LogP contribution < -0.4 is 5.73 Å². The summed E-state index contributed by atoms with van der Waals surface area (Å²) in [5.41, 5.74) is 7.42. The number of hydrogen-bond acceptors (Lipinski definition) is 2. The van der Waals surface area contributed by atoms with Gasteiger partial charge in [0.05, 0.1) is 10.7 Å². The number of nitrogen functional groups attached to an aromatic ring is 1. The van der Waals surface area contributed by atoms with Crippen LogP contribution >= 0.6 is 11.6 Å². The lowest BCUT2D eigenvalue weighted by Gasteiger charge is -2.44. The summed E-state index contributed by atoms with van der Waals surface area (Å²) >= 11 is 5.88. The third kappa shape index (κ3) is 1.63. The van der Waals surface area contributed by atoms with E-state index in [-0.39, 0.29) is 5.41 Å². The first kappa shape index (κ1) is 10.5. The lowest BCUT2D eigenvalue weighted by molar-refractivity contribution is 0.234. The first-order chi connectivity index (χ1) is 7.07. The molecule has 0 aliphatic heterocycles. The molecule has 2 nitrogen and oxygen atoms in total. The molecule has 0 unspecified atom stereocenters. The van der Waals surface area contributed by atoms with E-state index in [0.29, 0.717) is 16.6 Å². The zero-order valence-corrected chi connectivity index (χ0v) is 9.51. The molecule has 0 amide bonds. The van der Waals surface area contributed by atoms with Crippen LogP contribution in [0.3, 0.4) is 0 Å². The van der Waals surface area contributed by atoms with Gasteiger partial charge in [0.25, 0.3) is 0 Å². The van der Waals surface area contributed by atoms with Crippen molar-refractivity contribution in [3.8, 4) is 0 Å². The van der Waals surface area contributed by atoms with Gasteiger partial charge in [-0.05, 0) is 36.5 Å². The van der Waals surface area contributed by atoms with Gasteiger partial charge in [-0.3, -0.25) is 0 Å². The van der Waals surface area contributed by atoms with E-state index in [1.54, 1.807) is 6.21 Å². The quantitative estimate of drug-likeness (QED) is 0.586. The van der Waals surface area contributed by atoms with Crippen molar-refractivity contribution in [3.63, 3.8) is 0 Å². The van der Waals surface area contributed by atoms with Crippen molar-refractivity contribution < 1.29 is 0 Å². The molecule has 2 rings (SSSR count). The SMILES string of the molecule is CC1CC(C=N)(c2ccc(Cl)c(N)c2)C1. The highest BCUT2D eigenvalue weighted by atomic mass is 35.5. The van der Waals surface area contributed by atoms with E-state index in [9.17, 15) is 0 Å². The molecular weight excluding hydrogens is 208 g/mol. The summed E-state index contributed by atoms with van der Waals surface area (Å²) in [5, 5.41) is 8.15. The topological polar surface area (TPSA) is 49.9 Å². The summed E-state index contributed by atoms with van der Waals surface area (Å²) in [5.74, 6) is 0.698. The van der Waals surface area contributed by atoms with Crippen LogP contribution in [0.25, 0.3) is 0 Å². The lowest BCUT2D eigenvalue weighted by atomic mass is 9.60. The molecule has 0 radical (unpaired) electrons. The number of nitrogens with two attached hydrogens (primary N) is 1. The predicted molar refractivity (Wildman–Crippen MR) is 64.7 cm³/mol. The highest BCUT2D eigenvalue weighted by Gasteiger charge is 2.41. The Morgan fingerprint density at radius 3 is 2.67 bits per heavy atom. The summed E-state index contributed by atoms with van der Waals surface area (Å²) in [6.45, 7) is 2.21. The zero-order chi connectivity index (χ0) is 11.1. The van der Waals surface area contributed by atoms with E-state index >= 15 is 0 Å². The minimum absolute atomic E-state index is 0.0852. The molecular formula is C12H15ClN2. The summed E-state index contributed by atoms with van der Waals surface area (Å²) in [7, 11) is 0. The third-order valence-electron chi connectivity index (χ3n) is 3.27. The summed E-state index contributed by atoms with van der Waals surface area (Å²) in [6.07, 6.45) is 3.63. The standard InChI is InChI=1S/C12H15ClN2/c1-8-5-12(6-8,7-14)9-2-3-10(13)11(15)4-9/h2-4,7-8,14H,5-6,15H2,1H3. The largest absolute Gasteiger partial charge is 0.398 e. The van der Waals surface area contributed by atoms with E-state index in [0.717, 1.165) is 18.4 Å². The highest BCUT2D eigenvalue weighted by Crippen LogP contribution is 2.46. The molecule has 0 spiro atoms. The first-order valence-electron chi connectivity index (χ1n) is 5.14. The Kier molecular flexibility index (Phi) is 2.47. The van der Waals surface area contributed by atoms with E-state index in [2.05, 4.69) is 6.92 Å². The van der Waals surface area contributed by atoms with Gasteiger partial charge in [-0.2, -0.15) is 0 Å². The van der Waals surface area contributed by atoms with Crippen molar-refractivity contribution in [1.29, 1.82) is 5.41 Å². The minimum atomic E-state index is -0.0852. The summed E-state index contributed by atoms with van der Waals surface area (Å²) < 4.78 is 0. The molecule has 3 heteroatoms. The number of halogens is 1. The van der Waals surface area contributed by atoms with Crippen LogP contribution in [0, 0.1) is 11.3 Å². The van der Waals surface area contributed by atoms with Crippen LogP contribution in [-0.4, -0.2) is 6.21 Å². The molecule has 15 heavy (non-hydrogen) atoms. The molecule has 1 aliphatic carbocycles. The zero-order valence-electron chi connectivity index (χ0n) is 8.76. The Bertz CT molecular complexity index is 395. The Hall–Kier alpha value is -1.02. The Balaban J connectivity index is 2.36. The van der Waals surface area contributed by atoms with E-state index in [4.69, 9.17) is 22.7 Å². The molecule has 3 N–H and O–H groups in total. The van der Waals surface area contributed by atoms with Crippen molar-refractivity contribution in [2.75, 3.05) is 5.73 Å². The molecule has 1 aromatic rings. The fraction of sp³-hybridized carbons (Fsp3) is 0.417.